The molecule has 16 heavy (non-hydrogen) atoms. The number of para-hydroxylation sites is 1. The fraction of sp³-hybridized carbons (Fsp3) is 0.455. The molecule has 0 saturated carbocycles. The Kier molecular flexibility index (Phi) is 7.92. The minimum atomic E-state index is -3.44. The molecule has 0 bridgehead atoms. The summed E-state index contributed by atoms with van der Waals surface area (Å²) in [5.41, 5.74) is 0. The van der Waals surface area contributed by atoms with Crippen molar-refractivity contribution in [3.05, 3.63) is 30.3 Å². The van der Waals surface area contributed by atoms with Crippen molar-refractivity contribution in [2.24, 2.45) is 0 Å². The summed E-state index contributed by atoms with van der Waals surface area (Å²) < 4.78 is 16.7. The van der Waals surface area contributed by atoms with E-state index in [0.717, 1.165) is 19.3 Å². The van der Waals surface area contributed by atoms with Gasteiger partial charge in [0.15, 0.2) is 0 Å². The molecule has 0 radical (unpaired) electrons. The van der Waals surface area contributed by atoms with E-state index in [1.165, 1.54) is 0 Å². The zero-order valence-electron chi connectivity index (χ0n) is 9.63. The standard InChI is InChI=1S/C11H17O3P.Zn/c1-2-3-7-10-15(12,13)14-11-8-5-4-6-9-11;/h4-6,8-9H,2-3,7,10H2,1H3,(H,12,13);. The largest absolute Gasteiger partial charge is 0.424 e. The summed E-state index contributed by atoms with van der Waals surface area (Å²) in [5.74, 6) is 0.458. The van der Waals surface area contributed by atoms with Gasteiger partial charge in [0.25, 0.3) is 0 Å². The maximum Gasteiger partial charge on any atom is 0.376 e. The van der Waals surface area contributed by atoms with E-state index in [1.807, 2.05) is 6.07 Å². The third-order valence-electron chi connectivity index (χ3n) is 2.04. The quantitative estimate of drug-likeness (QED) is 0.496. The van der Waals surface area contributed by atoms with Crippen LogP contribution in [0.1, 0.15) is 26.2 Å². The van der Waals surface area contributed by atoms with E-state index in [-0.39, 0.29) is 25.6 Å². The summed E-state index contributed by atoms with van der Waals surface area (Å²) >= 11 is 0. The molecule has 0 aliphatic heterocycles. The van der Waals surface area contributed by atoms with Crippen molar-refractivity contribution in [1.29, 1.82) is 0 Å². The second-order valence-electron chi connectivity index (χ2n) is 3.47. The zero-order valence-corrected chi connectivity index (χ0v) is 13.5. The van der Waals surface area contributed by atoms with E-state index in [4.69, 9.17) is 4.52 Å². The van der Waals surface area contributed by atoms with Gasteiger partial charge < -0.3 is 9.42 Å². The molecule has 0 spiro atoms. The fourth-order valence-corrected chi connectivity index (χ4v) is 2.42. The van der Waals surface area contributed by atoms with Crippen molar-refractivity contribution in [1.82, 2.24) is 0 Å². The predicted molar refractivity (Wildman–Crippen MR) is 61.3 cm³/mol. The number of hydrogen-bond donors (Lipinski definition) is 1. The Hall–Kier alpha value is -0.167. The van der Waals surface area contributed by atoms with Gasteiger partial charge in [-0.2, -0.15) is 0 Å². The van der Waals surface area contributed by atoms with Crippen LogP contribution in [0.3, 0.4) is 0 Å². The van der Waals surface area contributed by atoms with Gasteiger partial charge in [-0.1, -0.05) is 38.0 Å². The molecule has 1 rings (SSSR count). The molecular weight excluding hydrogens is 276 g/mol. The van der Waals surface area contributed by atoms with Crippen LogP contribution in [0.5, 0.6) is 5.75 Å². The van der Waals surface area contributed by atoms with E-state index in [0.29, 0.717) is 5.75 Å². The molecule has 1 N–H and O–H groups in total. The van der Waals surface area contributed by atoms with Crippen LogP contribution in [0.25, 0.3) is 0 Å². The second-order valence-corrected chi connectivity index (χ2v) is 5.38. The minimum absolute atomic E-state index is 0. The maximum atomic E-state index is 11.6. The molecule has 1 aromatic carbocycles. The van der Waals surface area contributed by atoms with Crippen molar-refractivity contribution in [3.63, 3.8) is 0 Å². The minimum Gasteiger partial charge on any atom is -0.424 e. The Morgan fingerprint density at radius 3 is 2.44 bits per heavy atom. The summed E-state index contributed by atoms with van der Waals surface area (Å²) in [6.07, 6.45) is 2.96. The first-order valence-electron chi connectivity index (χ1n) is 5.20. The third kappa shape index (κ3) is 6.42. The van der Waals surface area contributed by atoms with Gasteiger partial charge in [0.1, 0.15) is 5.75 Å². The first-order chi connectivity index (χ1) is 7.14. The van der Waals surface area contributed by atoms with Gasteiger partial charge >= 0.3 is 7.60 Å². The smallest absolute Gasteiger partial charge is 0.376 e. The Bertz CT molecular complexity index is 329. The Balaban J connectivity index is 0.00000225. The average molecular weight is 294 g/mol. The second kappa shape index (κ2) is 8.00. The SMILES string of the molecule is CCCCCP(=O)(O)Oc1ccccc1.[Zn]. The molecule has 5 heteroatoms. The molecule has 0 aliphatic rings. The molecule has 0 aromatic heterocycles. The van der Waals surface area contributed by atoms with Crippen LogP contribution in [0, 0.1) is 0 Å². The van der Waals surface area contributed by atoms with E-state index < -0.39 is 7.60 Å². The van der Waals surface area contributed by atoms with Crippen LogP contribution in [0.15, 0.2) is 30.3 Å². The van der Waals surface area contributed by atoms with E-state index in [1.54, 1.807) is 24.3 Å². The van der Waals surface area contributed by atoms with Crippen LogP contribution in [-0.4, -0.2) is 11.1 Å². The van der Waals surface area contributed by atoms with E-state index in [2.05, 4.69) is 6.92 Å². The molecule has 3 nitrogen and oxygen atoms in total. The van der Waals surface area contributed by atoms with Gasteiger partial charge in [0.05, 0.1) is 6.16 Å². The van der Waals surface area contributed by atoms with E-state index >= 15 is 0 Å². The normalized spacial score (nSPS) is 13.6. The van der Waals surface area contributed by atoms with Crippen molar-refractivity contribution in [2.75, 3.05) is 6.16 Å². The summed E-state index contributed by atoms with van der Waals surface area (Å²) in [5, 5.41) is 0. The number of unbranched alkanes of at least 4 members (excludes halogenated alkanes) is 2. The van der Waals surface area contributed by atoms with Gasteiger partial charge in [-0.15, -0.1) is 0 Å². The molecule has 0 heterocycles. The van der Waals surface area contributed by atoms with Gasteiger partial charge in [-0.05, 0) is 18.6 Å². The average Bonchev–Trinajstić information content (AvgIpc) is 2.18. The monoisotopic (exact) mass is 292 g/mol. The summed E-state index contributed by atoms with van der Waals surface area (Å²) in [7, 11) is -3.44. The molecule has 1 atom stereocenters. The molecular formula is C11H17O3PZn. The first-order valence-corrected chi connectivity index (χ1v) is 6.97. The van der Waals surface area contributed by atoms with Crippen molar-refractivity contribution in [2.45, 2.75) is 26.2 Å². The van der Waals surface area contributed by atoms with Crippen molar-refractivity contribution < 1.29 is 33.5 Å². The fourth-order valence-electron chi connectivity index (χ4n) is 1.25. The first kappa shape index (κ1) is 15.8. The summed E-state index contributed by atoms with van der Waals surface area (Å²) in [4.78, 5) is 9.53. The molecule has 1 aromatic rings. The zero-order chi connectivity index (χ0) is 11.1. The van der Waals surface area contributed by atoms with Crippen LogP contribution in [-0.2, 0) is 24.0 Å². The molecule has 86 valence electrons. The Morgan fingerprint density at radius 2 is 1.88 bits per heavy atom. The number of benzene rings is 1. The molecule has 0 amide bonds. The third-order valence-corrected chi connectivity index (χ3v) is 3.41. The Labute approximate surface area is 110 Å². The molecule has 0 saturated heterocycles. The summed E-state index contributed by atoms with van der Waals surface area (Å²) in [6.45, 7) is 2.06. The van der Waals surface area contributed by atoms with Crippen molar-refractivity contribution in [3.8, 4) is 5.75 Å². The van der Waals surface area contributed by atoms with Gasteiger partial charge in [-0.25, -0.2) is 4.57 Å². The van der Waals surface area contributed by atoms with Gasteiger partial charge in [-0.3, -0.25) is 0 Å². The molecule has 0 fully saturated rings. The van der Waals surface area contributed by atoms with Gasteiger partial charge in [0.2, 0.25) is 0 Å². The Morgan fingerprint density at radius 1 is 1.25 bits per heavy atom. The topological polar surface area (TPSA) is 46.5 Å². The van der Waals surface area contributed by atoms with Crippen LogP contribution in [0.2, 0.25) is 0 Å². The van der Waals surface area contributed by atoms with E-state index in [9.17, 15) is 9.46 Å². The summed E-state index contributed by atoms with van der Waals surface area (Å²) in [6, 6.07) is 8.76. The number of rotatable bonds is 6. The molecule has 0 aliphatic carbocycles. The van der Waals surface area contributed by atoms with Crippen LogP contribution in [0.4, 0.5) is 0 Å². The maximum absolute atomic E-state index is 11.6. The molecule has 1 unspecified atom stereocenters. The van der Waals surface area contributed by atoms with Crippen LogP contribution >= 0.6 is 7.60 Å². The van der Waals surface area contributed by atoms with Crippen LogP contribution < -0.4 is 4.52 Å². The van der Waals surface area contributed by atoms with Crippen molar-refractivity contribution >= 4 is 7.60 Å². The number of hydrogen-bond acceptors (Lipinski definition) is 2. The van der Waals surface area contributed by atoms with Gasteiger partial charge in [0, 0.05) is 19.5 Å². The predicted octanol–water partition coefficient (Wildman–Crippen LogP) is 3.44.